The first-order chi connectivity index (χ1) is 13.4. The van der Waals surface area contributed by atoms with Crippen molar-refractivity contribution in [3.8, 4) is 5.75 Å². The molecule has 0 spiro atoms. The summed E-state index contributed by atoms with van der Waals surface area (Å²) in [5.41, 5.74) is 3.80. The number of hydrazine groups is 1. The molecule has 1 aliphatic rings. The van der Waals surface area contributed by atoms with Gasteiger partial charge in [0.25, 0.3) is 0 Å². The van der Waals surface area contributed by atoms with Gasteiger partial charge in [-0.15, -0.1) is 12.6 Å². The van der Waals surface area contributed by atoms with Gasteiger partial charge in [-0.25, -0.2) is 0 Å². The van der Waals surface area contributed by atoms with Crippen LogP contribution in [-0.4, -0.2) is 19.1 Å². The smallest absolute Gasteiger partial charge is 0.158 e. The highest BCUT2D eigenvalue weighted by Gasteiger charge is 2.36. The lowest BCUT2D eigenvalue weighted by atomic mass is 9.78. The van der Waals surface area contributed by atoms with Crippen LogP contribution in [0.4, 0.5) is 5.69 Å². The molecule has 0 saturated carbocycles. The third kappa shape index (κ3) is 4.76. The molecule has 2 aromatic rings. The minimum Gasteiger partial charge on any atom is -0.507 e. The van der Waals surface area contributed by atoms with Crippen molar-refractivity contribution in [1.29, 1.82) is 0 Å². The summed E-state index contributed by atoms with van der Waals surface area (Å²) in [6, 6.07) is 14.4. The summed E-state index contributed by atoms with van der Waals surface area (Å²) in [5.74, 6) is 0.405. The van der Waals surface area contributed by atoms with Gasteiger partial charge in [-0.2, -0.15) is 5.01 Å². The molecule has 1 fully saturated rings. The first-order valence-corrected chi connectivity index (χ1v) is 11.6. The molecule has 1 N–H and O–H groups in total. The molecule has 0 bridgehead atoms. The van der Waals surface area contributed by atoms with Gasteiger partial charge in [0.15, 0.2) is 4.32 Å². The molecule has 156 valence electrons. The van der Waals surface area contributed by atoms with E-state index in [4.69, 9.17) is 24.8 Å². The fourth-order valence-corrected chi connectivity index (χ4v) is 5.46. The molecular weight excluding hydrogens is 416 g/mol. The van der Waals surface area contributed by atoms with Crippen LogP contribution >= 0.6 is 36.6 Å². The number of para-hydroxylation sites is 1. The molecule has 29 heavy (non-hydrogen) atoms. The van der Waals surface area contributed by atoms with Crippen LogP contribution in [-0.2, 0) is 17.4 Å². The molecule has 0 aromatic heterocycles. The predicted molar refractivity (Wildman–Crippen MR) is 133 cm³/mol. The molecule has 0 aliphatic carbocycles. The van der Waals surface area contributed by atoms with E-state index in [9.17, 15) is 5.11 Å². The summed E-state index contributed by atoms with van der Waals surface area (Å²) < 4.78 is 0.731. The summed E-state index contributed by atoms with van der Waals surface area (Å²) in [7, 11) is 0. The summed E-state index contributed by atoms with van der Waals surface area (Å²) in [5, 5.41) is 15.3. The van der Waals surface area contributed by atoms with Crippen molar-refractivity contribution in [3.05, 3.63) is 59.2 Å². The van der Waals surface area contributed by atoms with Gasteiger partial charge in [0.05, 0.1) is 5.69 Å². The summed E-state index contributed by atoms with van der Waals surface area (Å²) >= 11 is 12.0. The number of thioether (sulfide) groups is 1. The van der Waals surface area contributed by atoms with Crippen molar-refractivity contribution >= 4 is 46.6 Å². The van der Waals surface area contributed by atoms with Crippen LogP contribution < -0.4 is 5.01 Å². The first kappa shape index (κ1) is 22.5. The van der Waals surface area contributed by atoms with Crippen molar-refractivity contribution in [1.82, 2.24) is 5.01 Å². The molecule has 1 atom stereocenters. The fourth-order valence-electron chi connectivity index (χ4n) is 3.49. The Morgan fingerprint density at radius 2 is 1.52 bits per heavy atom. The summed E-state index contributed by atoms with van der Waals surface area (Å²) in [6.07, 6.45) is 0. The van der Waals surface area contributed by atoms with Gasteiger partial charge in [0, 0.05) is 6.54 Å². The van der Waals surface area contributed by atoms with Crippen LogP contribution in [0.5, 0.6) is 5.75 Å². The largest absolute Gasteiger partial charge is 0.507 e. The van der Waals surface area contributed by atoms with E-state index in [2.05, 4.69) is 75.8 Å². The third-order valence-electron chi connectivity index (χ3n) is 5.02. The normalized spacial score (nSPS) is 18.5. The highest BCUT2D eigenvalue weighted by molar-refractivity contribution is 8.28. The molecule has 3 nitrogen and oxygen atoms in total. The van der Waals surface area contributed by atoms with E-state index in [1.165, 1.54) is 0 Å². The Kier molecular flexibility index (Phi) is 6.31. The van der Waals surface area contributed by atoms with E-state index >= 15 is 0 Å². The zero-order valence-corrected chi connectivity index (χ0v) is 20.5. The first-order valence-electron chi connectivity index (χ1n) is 9.77. The predicted octanol–water partition coefficient (Wildman–Crippen LogP) is 6.46. The van der Waals surface area contributed by atoms with Gasteiger partial charge >= 0.3 is 0 Å². The minimum absolute atomic E-state index is 0.0623. The maximum atomic E-state index is 11.0. The van der Waals surface area contributed by atoms with Crippen molar-refractivity contribution in [2.45, 2.75) is 63.6 Å². The van der Waals surface area contributed by atoms with Gasteiger partial charge in [-0.05, 0) is 39.7 Å². The van der Waals surface area contributed by atoms with Gasteiger partial charge in [-0.1, -0.05) is 95.9 Å². The molecular formula is C23H30N2OS3. The zero-order valence-electron chi connectivity index (χ0n) is 17.9. The Morgan fingerprint density at radius 1 is 1.00 bits per heavy atom. The Labute approximate surface area is 189 Å². The second-order valence-electron chi connectivity index (χ2n) is 9.49. The monoisotopic (exact) mass is 446 g/mol. The molecule has 2 aromatic carbocycles. The number of thiocarbonyl (C=S) groups is 1. The van der Waals surface area contributed by atoms with Crippen LogP contribution in [0.1, 0.15) is 58.2 Å². The van der Waals surface area contributed by atoms with Crippen molar-refractivity contribution in [2.24, 2.45) is 0 Å². The highest BCUT2D eigenvalue weighted by atomic mass is 32.2. The second-order valence-corrected chi connectivity index (χ2v) is 12.0. The fraction of sp³-hybridized carbons (Fsp3) is 0.435. The standard InChI is InChI=1S/C23H30N2OS3/c1-22(2,3)17-12-15(13-18(19(17)26)23(4,5)6)14-24-20(27)29-21(28)25(24)16-10-8-7-9-11-16/h7-13,20,26-27H,14H2,1-6H3. The number of anilines is 1. The number of hydrogen-bond acceptors (Lipinski definition) is 5. The molecule has 6 heteroatoms. The molecule has 0 radical (unpaired) electrons. The Hall–Kier alpha value is -1.21. The lowest BCUT2D eigenvalue weighted by Crippen LogP contribution is -2.40. The van der Waals surface area contributed by atoms with E-state index in [0.717, 1.165) is 26.7 Å². The van der Waals surface area contributed by atoms with Crippen LogP contribution in [0.3, 0.4) is 0 Å². The number of thiol groups is 1. The van der Waals surface area contributed by atoms with E-state index in [1.807, 2.05) is 18.2 Å². The number of nitrogens with zero attached hydrogens (tertiary/aromatic N) is 2. The molecule has 1 saturated heterocycles. The summed E-state index contributed by atoms with van der Waals surface area (Å²) in [6.45, 7) is 13.5. The third-order valence-corrected chi connectivity index (χ3v) is 6.90. The maximum Gasteiger partial charge on any atom is 0.158 e. The number of phenolic OH excluding ortho intramolecular Hbond substituents is 1. The lowest BCUT2D eigenvalue weighted by molar-refractivity contribution is 0.320. The van der Waals surface area contributed by atoms with Crippen LogP contribution in [0.15, 0.2) is 42.5 Å². The molecule has 3 rings (SSSR count). The number of rotatable bonds is 3. The molecule has 1 aliphatic heterocycles. The van der Waals surface area contributed by atoms with Gasteiger partial charge in [0.1, 0.15) is 10.5 Å². The average Bonchev–Trinajstić information content (AvgIpc) is 2.88. The lowest BCUT2D eigenvalue weighted by Gasteiger charge is -2.32. The average molecular weight is 447 g/mol. The van der Waals surface area contributed by atoms with Crippen LogP contribution in [0.2, 0.25) is 0 Å². The minimum atomic E-state index is -0.158. The van der Waals surface area contributed by atoms with Gasteiger partial charge in [-0.3, -0.25) is 5.01 Å². The topological polar surface area (TPSA) is 26.7 Å². The molecule has 1 heterocycles. The van der Waals surface area contributed by atoms with Crippen LogP contribution in [0.25, 0.3) is 0 Å². The quantitative estimate of drug-likeness (QED) is 0.417. The Bertz CT molecular complexity index is 866. The van der Waals surface area contributed by atoms with Crippen molar-refractivity contribution < 1.29 is 5.11 Å². The Morgan fingerprint density at radius 3 is 2.00 bits per heavy atom. The second kappa shape index (κ2) is 8.14. The van der Waals surface area contributed by atoms with Gasteiger partial charge in [0.2, 0.25) is 0 Å². The van der Waals surface area contributed by atoms with Crippen molar-refractivity contribution in [3.63, 3.8) is 0 Å². The van der Waals surface area contributed by atoms with E-state index in [1.54, 1.807) is 11.8 Å². The summed E-state index contributed by atoms with van der Waals surface area (Å²) in [4.78, 5) is 0. The molecule has 0 amide bonds. The van der Waals surface area contributed by atoms with Crippen LogP contribution in [0, 0.1) is 0 Å². The number of phenols is 1. The highest BCUT2D eigenvalue weighted by Crippen LogP contribution is 2.42. The number of hydrogen-bond donors (Lipinski definition) is 2. The molecule has 1 unspecified atom stereocenters. The number of benzene rings is 2. The maximum absolute atomic E-state index is 11.0. The SMILES string of the molecule is CC(C)(C)c1cc(CN2C(S)SC(=S)N2c2ccccc2)cc(C(C)(C)C)c1O. The van der Waals surface area contributed by atoms with Gasteiger partial charge < -0.3 is 5.11 Å². The van der Waals surface area contributed by atoms with E-state index in [-0.39, 0.29) is 15.5 Å². The Balaban J connectivity index is 2.05. The van der Waals surface area contributed by atoms with E-state index < -0.39 is 0 Å². The number of aromatic hydroxyl groups is 1. The zero-order chi connectivity index (χ0) is 21.6. The van der Waals surface area contributed by atoms with E-state index in [0.29, 0.717) is 12.3 Å². The van der Waals surface area contributed by atoms with Crippen molar-refractivity contribution in [2.75, 3.05) is 5.01 Å².